The normalized spacial score (nSPS) is 17.1. The fourth-order valence-electron chi connectivity index (χ4n) is 5.92. The molecule has 0 radical (unpaired) electrons. The van der Waals surface area contributed by atoms with Crippen LogP contribution >= 0.6 is 0 Å². The molecule has 1 aromatic heterocycles. The van der Waals surface area contributed by atoms with Crippen molar-refractivity contribution in [3.05, 3.63) is 95.9 Å². The summed E-state index contributed by atoms with van der Waals surface area (Å²) in [4.78, 5) is 26.6. The van der Waals surface area contributed by atoms with Gasteiger partial charge in [0, 0.05) is 38.3 Å². The van der Waals surface area contributed by atoms with E-state index in [0.717, 1.165) is 16.4 Å². The van der Waals surface area contributed by atoms with Gasteiger partial charge >= 0.3 is 0 Å². The predicted octanol–water partition coefficient (Wildman–Crippen LogP) is 4.37. The van der Waals surface area contributed by atoms with Gasteiger partial charge in [0.05, 0.1) is 35.6 Å². The molecule has 0 spiro atoms. The van der Waals surface area contributed by atoms with E-state index in [0.29, 0.717) is 73.4 Å². The van der Waals surface area contributed by atoms with Crippen LogP contribution in [0.3, 0.4) is 0 Å². The van der Waals surface area contributed by atoms with Gasteiger partial charge in [-0.1, -0.05) is 12.1 Å². The molecule has 47 heavy (non-hydrogen) atoms. The first-order chi connectivity index (χ1) is 22.6. The van der Waals surface area contributed by atoms with Crippen LogP contribution in [0.25, 0.3) is 11.3 Å². The van der Waals surface area contributed by atoms with Crippen LogP contribution in [-0.4, -0.2) is 74.5 Å². The fourth-order valence-corrected chi connectivity index (χ4v) is 7.57. The van der Waals surface area contributed by atoms with Crippen LogP contribution in [0.5, 0.6) is 5.75 Å². The number of rotatable bonds is 9. The monoisotopic (exact) mass is 666 g/mol. The Bertz CT molecular complexity index is 1870. The first-order valence-electron chi connectivity index (χ1n) is 15.2. The number of methoxy groups -OCH3 is 1. The average Bonchev–Trinajstić information content (AvgIpc) is 3.59. The van der Waals surface area contributed by atoms with Crippen LogP contribution in [0.15, 0.2) is 77.7 Å². The molecule has 0 unspecified atom stereocenters. The maximum absolute atomic E-state index is 14.4. The van der Waals surface area contributed by atoms with Gasteiger partial charge in [-0.05, 0) is 73.5 Å². The molecule has 246 valence electrons. The first-order valence-corrected chi connectivity index (χ1v) is 16.6. The van der Waals surface area contributed by atoms with Gasteiger partial charge < -0.3 is 19.9 Å². The summed E-state index contributed by atoms with van der Waals surface area (Å²) in [7, 11) is -2.57. The molecule has 0 bridgehead atoms. The standard InChI is InChI=1S/C33H33F3N6O4S/c1-46-31-13-10-23(35)19-26(31)28-20-24(38-33(39-28)41-17-15-40(16-18-41)29-6-3-2-5-27(29)36)21-37-32(43)30-7-4-14-42(30)47(44,45)25-11-8-22(34)9-12-25/h2-3,5-6,8-13,19-20,30H,4,7,14-18,21H2,1H3,(H,37,43)/t30-/m0/s1. The predicted molar refractivity (Wildman–Crippen MR) is 170 cm³/mol. The molecule has 0 aliphatic carbocycles. The second-order valence-corrected chi connectivity index (χ2v) is 13.2. The van der Waals surface area contributed by atoms with Crippen LogP contribution in [0, 0.1) is 17.5 Å². The molecule has 2 saturated heterocycles. The third kappa shape index (κ3) is 6.88. The molecule has 1 atom stereocenters. The van der Waals surface area contributed by atoms with Crippen LogP contribution in [0.4, 0.5) is 24.8 Å². The SMILES string of the molecule is COc1ccc(F)cc1-c1cc(CNC(=O)[C@@H]2CCCN2S(=O)(=O)c2ccc(F)cc2)nc(N2CCN(c3ccccc3F)CC2)n1. The number of anilines is 2. The minimum atomic E-state index is -4.04. The summed E-state index contributed by atoms with van der Waals surface area (Å²) in [6.07, 6.45) is 0.803. The zero-order valence-corrected chi connectivity index (χ0v) is 26.4. The van der Waals surface area contributed by atoms with Crippen LogP contribution in [0.1, 0.15) is 18.5 Å². The van der Waals surface area contributed by atoms with Gasteiger partial charge in [0.25, 0.3) is 0 Å². The van der Waals surface area contributed by atoms with Gasteiger partial charge in [-0.25, -0.2) is 31.6 Å². The van der Waals surface area contributed by atoms with E-state index >= 15 is 0 Å². The van der Waals surface area contributed by atoms with Crippen molar-refractivity contribution in [2.45, 2.75) is 30.3 Å². The Kier molecular flexibility index (Phi) is 9.32. The van der Waals surface area contributed by atoms with E-state index in [1.54, 1.807) is 24.3 Å². The molecule has 3 heterocycles. The van der Waals surface area contributed by atoms with Crippen LogP contribution in [0.2, 0.25) is 0 Å². The fraction of sp³-hybridized carbons (Fsp3) is 0.303. The number of nitrogens with zero attached hydrogens (tertiary/aromatic N) is 5. The third-order valence-electron chi connectivity index (χ3n) is 8.33. The van der Waals surface area contributed by atoms with E-state index in [2.05, 4.69) is 5.32 Å². The number of ether oxygens (including phenoxy) is 1. The summed E-state index contributed by atoms with van der Waals surface area (Å²) in [5.41, 5.74) is 1.68. The Hall–Kier alpha value is -4.69. The van der Waals surface area contributed by atoms with E-state index in [1.807, 2.05) is 9.80 Å². The lowest BCUT2D eigenvalue weighted by Crippen LogP contribution is -2.47. The summed E-state index contributed by atoms with van der Waals surface area (Å²) in [5.74, 6) is -1.13. The zero-order chi connectivity index (χ0) is 33.1. The number of amides is 1. The Balaban J connectivity index is 1.24. The van der Waals surface area contributed by atoms with Crippen molar-refractivity contribution in [3.63, 3.8) is 0 Å². The van der Waals surface area contributed by atoms with Gasteiger partial charge in [0.1, 0.15) is 29.2 Å². The number of carbonyl (C=O) groups is 1. The summed E-state index contributed by atoms with van der Waals surface area (Å²) in [5, 5.41) is 2.82. The van der Waals surface area contributed by atoms with E-state index in [4.69, 9.17) is 14.7 Å². The van der Waals surface area contributed by atoms with Gasteiger partial charge in [0.2, 0.25) is 21.9 Å². The van der Waals surface area contributed by atoms with Crippen molar-refractivity contribution in [2.75, 3.05) is 49.6 Å². The lowest BCUT2D eigenvalue weighted by atomic mass is 10.1. The largest absolute Gasteiger partial charge is 0.496 e. The van der Waals surface area contributed by atoms with Gasteiger partial charge in [-0.3, -0.25) is 4.79 Å². The maximum atomic E-state index is 14.4. The number of sulfonamides is 1. The van der Waals surface area contributed by atoms with E-state index in [9.17, 15) is 26.4 Å². The number of hydrogen-bond acceptors (Lipinski definition) is 8. The smallest absolute Gasteiger partial charge is 0.243 e. The second kappa shape index (κ2) is 13.6. The molecule has 3 aromatic carbocycles. The van der Waals surface area contributed by atoms with Gasteiger partial charge in [0.15, 0.2) is 0 Å². The molecule has 14 heteroatoms. The van der Waals surface area contributed by atoms with E-state index in [-0.39, 0.29) is 23.8 Å². The second-order valence-electron chi connectivity index (χ2n) is 11.3. The minimum Gasteiger partial charge on any atom is -0.496 e. The topological polar surface area (TPSA) is 108 Å². The highest BCUT2D eigenvalue weighted by Gasteiger charge is 2.39. The maximum Gasteiger partial charge on any atom is 0.243 e. The Morgan fingerprint density at radius 3 is 2.32 bits per heavy atom. The number of aromatic nitrogens is 2. The molecule has 2 aliphatic rings. The minimum absolute atomic E-state index is 0.0604. The number of carbonyl (C=O) groups excluding carboxylic acids is 1. The Labute approximate surface area is 270 Å². The Morgan fingerprint density at radius 1 is 0.894 bits per heavy atom. The first kappa shape index (κ1) is 32.3. The summed E-state index contributed by atoms with van der Waals surface area (Å²) < 4.78 is 75.5. The molecule has 2 aliphatic heterocycles. The highest BCUT2D eigenvalue weighted by Crippen LogP contribution is 2.32. The number of piperazine rings is 1. The van der Waals surface area contributed by atoms with Crippen molar-refractivity contribution in [3.8, 4) is 17.0 Å². The third-order valence-corrected chi connectivity index (χ3v) is 10.3. The number of halogens is 3. The summed E-state index contributed by atoms with van der Waals surface area (Å²) in [6, 6.07) is 15.8. The van der Waals surface area contributed by atoms with E-state index < -0.39 is 33.6 Å². The van der Waals surface area contributed by atoms with Crippen LogP contribution < -0.4 is 19.9 Å². The average molecular weight is 667 g/mol. The van der Waals surface area contributed by atoms with Crippen LogP contribution in [-0.2, 0) is 21.4 Å². The summed E-state index contributed by atoms with van der Waals surface area (Å²) >= 11 is 0. The zero-order valence-electron chi connectivity index (χ0n) is 25.6. The highest BCUT2D eigenvalue weighted by molar-refractivity contribution is 7.89. The molecular weight excluding hydrogens is 633 g/mol. The highest BCUT2D eigenvalue weighted by atomic mass is 32.2. The number of nitrogens with one attached hydrogen (secondary N) is 1. The quantitative estimate of drug-likeness (QED) is 0.281. The molecule has 1 amide bonds. The molecule has 2 fully saturated rings. The number of para-hydroxylation sites is 1. The number of hydrogen-bond donors (Lipinski definition) is 1. The Morgan fingerprint density at radius 2 is 1.60 bits per heavy atom. The van der Waals surface area contributed by atoms with Crippen molar-refractivity contribution < 1.29 is 31.1 Å². The molecule has 1 N–H and O–H groups in total. The lowest BCUT2D eigenvalue weighted by Gasteiger charge is -2.36. The number of benzene rings is 3. The summed E-state index contributed by atoms with van der Waals surface area (Å²) in [6.45, 7) is 2.05. The molecule has 10 nitrogen and oxygen atoms in total. The van der Waals surface area contributed by atoms with E-state index in [1.165, 1.54) is 43.5 Å². The molecule has 6 rings (SSSR count). The lowest BCUT2D eigenvalue weighted by molar-refractivity contribution is -0.124. The molecule has 4 aromatic rings. The van der Waals surface area contributed by atoms with Gasteiger partial charge in [-0.2, -0.15) is 4.31 Å². The molecular formula is C33H33F3N6O4S. The van der Waals surface area contributed by atoms with Crippen molar-refractivity contribution >= 4 is 27.6 Å². The van der Waals surface area contributed by atoms with Crippen molar-refractivity contribution in [1.82, 2.24) is 19.6 Å². The molecule has 0 saturated carbocycles. The van der Waals surface area contributed by atoms with Crippen molar-refractivity contribution in [1.29, 1.82) is 0 Å². The van der Waals surface area contributed by atoms with Crippen molar-refractivity contribution in [2.24, 2.45) is 0 Å². The van der Waals surface area contributed by atoms with Gasteiger partial charge in [-0.15, -0.1) is 0 Å².